The number of carbonyl (C=O) groups excluding carboxylic acids is 3. The molecule has 0 fully saturated rings. The number of halogens is 2. The Labute approximate surface area is 251 Å². The maximum atomic E-state index is 14.3. The summed E-state index contributed by atoms with van der Waals surface area (Å²) in [5.74, 6) is -0.582. The van der Waals surface area contributed by atoms with E-state index in [4.69, 9.17) is 9.26 Å². The molecule has 0 bridgehead atoms. The molecule has 5 rings (SSSR count). The maximum absolute atomic E-state index is 14.3. The lowest BCUT2D eigenvalue weighted by Gasteiger charge is -2.27. The number of aromatic nitrogens is 1. The maximum Gasteiger partial charge on any atom is 0.297 e. The number of amides is 3. The average molecular weight is 643 g/mol. The second kappa shape index (κ2) is 12.7. The first-order valence-electron chi connectivity index (χ1n) is 12.7. The molecule has 2 N–H and O–H groups in total. The van der Waals surface area contributed by atoms with Crippen molar-refractivity contribution in [2.45, 2.75) is 25.6 Å². The molecule has 1 aromatic heterocycles. The van der Waals surface area contributed by atoms with E-state index in [1.165, 1.54) is 17.2 Å². The molecular formula is C29H29BrClN5O5. The molecule has 2 heterocycles. The molecule has 12 heteroatoms. The Morgan fingerprint density at radius 3 is 2.59 bits per heavy atom. The van der Waals surface area contributed by atoms with Crippen molar-refractivity contribution in [3.63, 3.8) is 0 Å². The summed E-state index contributed by atoms with van der Waals surface area (Å²) in [4.78, 5) is 43.9. The number of likely N-dealkylation sites (N-methyl/N-ethyl adjacent to an activating group) is 1. The minimum absolute atomic E-state index is 0. The lowest BCUT2D eigenvalue weighted by Crippen LogP contribution is -2.55. The first-order chi connectivity index (χ1) is 19.3. The predicted octanol–water partition coefficient (Wildman–Crippen LogP) is 4.31. The molecule has 2 atom stereocenters. The highest BCUT2D eigenvalue weighted by atomic mass is 79.9. The molecule has 41 heavy (non-hydrogen) atoms. The predicted molar refractivity (Wildman–Crippen MR) is 162 cm³/mol. The molecular weight excluding hydrogens is 614 g/mol. The van der Waals surface area contributed by atoms with Crippen molar-refractivity contribution in [1.29, 1.82) is 0 Å². The number of rotatable bonds is 7. The van der Waals surface area contributed by atoms with E-state index in [-0.39, 0.29) is 43.1 Å². The number of carbonyl (C=O) groups is 3. The van der Waals surface area contributed by atoms with E-state index >= 15 is 0 Å². The van der Waals surface area contributed by atoms with E-state index in [2.05, 4.69) is 31.7 Å². The number of benzene rings is 3. The second-order valence-electron chi connectivity index (χ2n) is 9.39. The lowest BCUT2D eigenvalue weighted by atomic mass is 10.0. The number of hydrogen-bond acceptors (Lipinski definition) is 7. The number of methoxy groups -OCH3 is 1. The first-order valence-corrected chi connectivity index (χ1v) is 13.5. The van der Waals surface area contributed by atoms with Gasteiger partial charge in [-0.15, -0.1) is 12.4 Å². The van der Waals surface area contributed by atoms with Gasteiger partial charge in [-0.2, -0.15) is 0 Å². The van der Waals surface area contributed by atoms with Crippen molar-refractivity contribution < 1.29 is 23.6 Å². The Hall–Kier alpha value is -3.93. The Morgan fingerprint density at radius 1 is 1.15 bits per heavy atom. The van der Waals surface area contributed by atoms with Gasteiger partial charge in [-0.3, -0.25) is 14.4 Å². The van der Waals surface area contributed by atoms with E-state index in [0.29, 0.717) is 17.1 Å². The van der Waals surface area contributed by atoms with E-state index in [9.17, 15) is 14.4 Å². The molecule has 1 aliphatic rings. The average Bonchev–Trinajstić information content (AvgIpc) is 3.48. The Balaban J connectivity index is 0.00000387. The van der Waals surface area contributed by atoms with Gasteiger partial charge in [0.1, 0.15) is 11.8 Å². The second-order valence-corrected chi connectivity index (χ2v) is 10.3. The van der Waals surface area contributed by atoms with Crippen LogP contribution in [-0.2, 0) is 16.1 Å². The highest BCUT2D eigenvalue weighted by Gasteiger charge is 2.38. The molecule has 10 nitrogen and oxygen atoms in total. The van der Waals surface area contributed by atoms with Crippen LogP contribution >= 0.6 is 28.3 Å². The number of anilines is 2. The summed E-state index contributed by atoms with van der Waals surface area (Å²) in [6.07, 6.45) is 1.38. The summed E-state index contributed by atoms with van der Waals surface area (Å²) < 4.78 is 11.8. The number of fused-ring (bicyclic) bond motifs is 2. The summed E-state index contributed by atoms with van der Waals surface area (Å²) in [7, 11) is 3.24. The van der Waals surface area contributed by atoms with Crippen LogP contribution in [0.4, 0.5) is 11.4 Å². The Bertz CT molecular complexity index is 1580. The fourth-order valence-corrected chi connectivity index (χ4v) is 5.17. The van der Waals surface area contributed by atoms with E-state index in [1.54, 1.807) is 50.2 Å². The third-order valence-corrected chi connectivity index (χ3v) is 7.51. The van der Waals surface area contributed by atoms with Crippen LogP contribution in [0.25, 0.3) is 10.8 Å². The van der Waals surface area contributed by atoms with Gasteiger partial charge in [-0.25, -0.2) is 0 Å². The van der Waals surface area contributed by atoms with Crippen LogP contribution in [0.3, 0.4) is 0 Å². The molecule has 3 amide bonds. The zero-order valence-electron chi connectivity index (χ0n) is 22.6. The lowest BCUT2D eigenvalue weighted by molar-refractivity contribution is -0.128. The van der Waals surface area contributed by atoms with Crippen molar-refractivity contribution in [2.75, 3.05) is 30.5 Å². The SMILES string of the molecule is CNC(C)C(=O)NC1CN(C(=O)c2ccno2)c2ccccc2N(Cc2c(OC)ccc3cc(Br)ccc23)C1=O.Cl. The van der Waals surface area contributed by atoms with Gasteiger partial charge in [0, 0.05) is 16.1 Å². The minimum Gasteiger partial charge on any atom is -0.496 e. The van der Waals surface area contributed by atoms with Gasteiger partial charge in [0.25, 0.3) is 11.8 Å². The van der Waals surface area contributed by atoms with E-state index < -0.39 is 18.0 Å². The first kappa shape index (κ1) is 30.0. The summed E-state index contributed by atoms with van der Waals surface area (Å²) in [5.41, 5.74) is 1.80. The van der Waals surface area contributed by atoms with Crippen molar-refractivity contribution in [1.82, 2.24) is 15.8 Å². The zero-order valence-corrected chi connectivity index (χ0v) is 25.0. The van der Waals surface area contributed by atoms with Crippen LogP contribution in [0.5, 0.6) is 5.75 Å². The van der Waals surface area contributed by atoms with Gasteiger partial charge in [0.2, 0.25) is 11.7 Å². The molecule has 0 aliphatic carbocycles. The van der Waals surface area contributed by atoms with Crippen molar-refractivity contribution >= 4 is 68.2 Å². The van der Waals surface area contributed by atoms with E-state index in [1.807, 2.05) is 30.3 Å². The van der Waals surface area contributed by atoms with Crippen LogP contribution < -0.4 is 25.2 Å². The smallest absolute Gasteiger partial charge is 0.297 e. The number of hydrogen-bond donors (Lipinski definition) is 2. The monoisotopic (exact) mass is 641 g/mol. The Kier molecular flexibility index (Phi) is 9.31. The zero-order chi connectivity index (χ0) is 28.4. The fraction of sp³-hybridized carbons (Fsp3) is 0.241. The highest BCUT2D eigenvalue weighted by molar-refractivity contribution is 9.10. The van der Waals surface area contributed by atoms with Crippen molar-refractivity contribution in [2.24, 2.45) is 0 Å². The van der Waals surface area contributed by atoms with Crippen molar-refractivity contribution in [3.8, 4) is 5.75 Å². The Morgan fingerprint density at radius 2 is 1.90 bits per heavy atom. The topological polar surface area (TPSA) is 117 Å². The number of nitrogens with zero attached hydrogens (tertiary/aromatic N) is 3. The van der Waals surface area contributed by atoms with Gasteiger partial charge < -0.3 is 29.7 Å². The molecule has 2 unspecified atom stereocenters. The summed E-state index contributed by atoms with van der Waals surface area (Å²) in [6, 6.07) is 16.7. The molecule has 0 spiro atoms. The summed E-state index contributed by atoms with van der Waals surface area (Å²) in [5, 5.41) is 11.3. The quantitative estimate of drug-likeness (QED) is 0.309. The minimum atomic E-state index is -1.04. The van der Waals surface area contributed by atoms with Crippen LogP contribution in [0, 0.1) is 0 Å². The van der Waals surface area contributed by atoms with Gasteiger partial charge in [0.05, 0.1) is 43.8 Å². The summed E-state index contributed by atoms with van der Waals surface area (Å²) >= 11 is 3.53. The number of nitrogens with one attached hydrogen (secondary N) is 2. The molecule has 4 aromatic rings. The molecule has 214 valence electrons. The van der Waals surface area contributed by atoms with Gasteiger partial charge in [-0.05, 0) is 55.1 Å². The third-order valence-electron chi connectivity index (χ3n) is 7.02. The molecule has 0 saturated carbocycles. The van der Waals surface area contributed by atoms with Crippen molar-refractivity contribution in [3.05, 3.63) is 82.7 Å². The van der Waals surface area contributed by atoms with Gasteiger partial charge >= 0.3 is 0 Å². The largest absolute Gasteiger partial charge is 0.496 e. The molecule has 0 saturated heterocycles. The fourth-order valence-electron chi connectivity index (χ4n) is 4.79. The van der Waals surface area contributed by atoms with Gasteiger partial charge in [0.15, 0.2) is 0 Å². The van der Waals surface area contributed by atoms with E-state index in [0.717, 1.165) is 20.8 Å². The summed E-state index contributed by atoms with van der Waals surface area (Å²) in [6.45, 7) is 1.73. The normalized spacial score (nSPS) is 15.5. The molecule has 3 aromatic carbocycles. The van der Waals surface area contributed by atoms with Crippen LogP contribution in [0.15, 0.2) is 75.9 Å². The highest BCUT2D eigenvalue weighted by Crippen LogP contribution is 2.38. The van der Waals surface area contributed by atoms with Gasteiger partial charge in [-0.1, -0.05) is 45.4 Å². The molecule has 1 aliphatic heterocycles. The molecule has 0 radical (unpaired) electrons. The van der Waals surface area contributed by atoms with Crippen LogP contribution in [-0.4, -0.2) is 55.7 Å². The number of ether oxygens (including phenoxy) is 1. The standard InChI is InChI=1S/C29H28BrN5O5.ClH/c1-17(31-2)27(36)33-22-16-35(29(38)26-12-13-32-40-26)24-7-5-4-6-23(24)34(28(22)37)15-21-20-10-9-19(30)14-18(20)8-11-25(21)39-3;/h4-14,17,22,31H,15-16H2,1-3H3,(H,33,36);1H. The third kappa shape index (κ3) is 5.92. The van der Waals surface area contributed by atoms with Crippen LogP contribution in [0.1, 0.15) is 23.0 Å². The van der Waals surface area contributed by atoms with Crippen LogP contribution in [0.2, 0.25) is 0 Å². The number of para-hydroxylation sites is 2.